The van der Waals surface area contributed by atoms with Crippen molar-refractivity contribution >= 4 is 27.4 Å². The Hall–Kier alpha value is -3.19. The van der Waals surface area contributed by atoms with Crippen LogP contribution in [0, 0.1) is 24.0 Å². The van der Waals surface area contributed by atoms with Crippen LogP contribution in [0.15, 0.2) is 41.4 Å². The van der Waals surface area contributed by atoms with Gasteiger partial charge in [0, 0.05) is 12.3 Å². The van der Waals surface area contributed by atoms with E-state index in [2.05, 4.69) is 26.3 Å². The summed E-state index contributed by atoms with van der Waals surface area (Å²) < 4.78 is 52.8. The lowest BCUT2D eigenvalue weighted by Crippen LogP contribution is -2.30. The number of sulfonamides is 1. The molecule has 1 aromatic heterocycles. The molecule has 0 aliphatic carbocycles. The van der Waals surface area contributed by atoms with Crippen molar-refractivity contribution in [2.75, 3.05) is 23.1 Å². The predicted molar refractivity (Wildman–Crippen MR) is 91.7 cm³/mol. The van der Waals surface area contributed by atoms with Crippen LogP contribution in [-0.4, -0.2) is 32.4 Å². The molecule has 0 spiro atoms. The zero-order chi connectivity index (χ0) is 19.2. The van der Waals surface area contributed by atoms with Gasteiger partial charge in [0.2, 0.25) is 5.91 Å². The van der Waals surface area contributed by atoms with E-state index in [1.165, 1.54) is 12.1 Å². The van der Waals surface area contributed by atoms with Gasteiger partial charge in [-0.3, -0.25) is 9.52 Å². The number of nitrogens with one attached hydrogen (secondary N) is 3. The highest BCUT2D eigenvalue weighted by Crippen LogP contribution is 2.18. The van der Waals surface area contributed by atoms with Crippen molar-refractivity contribution < 1.29 is 22.0 Å². The normalized spacial score (nSPS) is 10.7. The van der Waals surface area contributed by atoms with Crippen LogP contribution in [0.5, 0.6) is 0 Å². The summed E-state index contributed by atoms with van der Waals surface area (Å²) in [6.45, 7) is -0.000929. The lowest BCUT2D eigenvalue weighted by molar-refractivity contribution is -0.119. The molecule has 7 nitrogen and oxygen atoms in total. The summed E-state index contributed by atoms with van der Waals surface area (Å²) in [4.78, 5) is 15.1. The lowest BCUT2D eigenvalue weighted by atomic mass is 10.3. The Kier molecular flexibility index (Phi) is 6.08. The maximum absolute atomic E-state index is 13.1. The zero-order valence-corrected chi connectivity index (χ0v) is 14.1. The second kappa shape index (κ2) is 8.26. The first kappa shape index (κ1) is 19.1. The van der Waals surface area contributed by atoms with Crippen molar-refractivity contribution in [3.63, 3.8) is 0 Å². The maximum atomic E-state index is 13.1. The molecule has 1 heterocycles. The van der Waals surface area contributed by atoms with Gasteiger partial charge in [-0.25, -0.2) is 22.2 Å². The van der Waals surface area contributed by atoms with Crippen LogP contribution in [0.3, 0.4) is 0 Å². The summed E-state index contributed by atoms with van der Waals surface area (Å²) in [5.41, 5.74) is -0.255. The Morgan fingerprint density at radius 1 is 1.19 bits per heavy atom. The van der Waals surface area contributed by atoms with E-state index in [-0.39, 0.29) is 35.4 Å². The summed E-state index contributed by atoms with van der Waals surface area (Å²) in [5, 5.41) is 5.13. The minimum atomic E-state index is -4.08. The molecule has 2 aromatic rings. The minimum absolute atomic E-state index is 0.0947. The number of benzene rings is 1. The van der Waals surface area contributed by atoms with Gasteiger partial charge in [0.05, 0.1) is 18.8 Å². The van der Waals surface area contributed by atoms with Crippen molar-refractivity contribution in [1.82, 2.24) is 10.3 Å². The molecule has 0 atom stereocenters. The quantitative estimate of drug-likeness (QED) is 0.629. The van der Waals surface area contributed by atoms with Gasteiger partial charge in [0.1, 0.15) is 22.3 Å². The number of anilines is 2. The molecule has 1 amide bonds. The van der Waals surface area contributed by atoms with Crippen LogP contribution in [0.25, 0.3) is 0 Å². The van der Waals surface area contributed by atoms with Crippen molar-refractivity contribution in [1.29, 1.82) is 0 Å². The fourth-order valence-electron chi connectivity index (χ4n) is 1.85. The highest BCUT2D eigenvalue weighted by molar-refractivity contribution is 7.92. The number of carbonyl (C=O) groups is 1. The van der Waals surface area contributed by atoms with Crippen molar-refractivity contribution in [2.45, 2.75) is 4.90 Å². The fraction of sp³-hybridized carbons (Fsp3) is 0.125. The summed E-state index contributed by atoms with van der Waals surface area (Å²) in [6, 6.07) is 4.89. The van der Waals surface area contributed by atoms with E-state index < -0.39 is 21.7 Å². The number of carbonyl (C=O) groups excluding carboxylic acids is 1. The molecule has 0 aliphatic heterocycles. The van der Waals surface area contributed by atoms with Crippen molar-refractivity contribution in [3.8, 4) is 12.3 Å². The average Bonchev–Trinajstić information content (AvgIpc) is 2.57. The number of rotatable bonds is 7. The average molecular weight is 380 g/mol. The highest BCUT2D eigenvalue weighted by Gasteiger charge is 2.16. The van der Waals surface area contributed by atoms with E-state index in [1.807, 2.05) is 0 Å². The number of terminal acetylenes is 1. The highest BCUT2D eigenvalue weighted by atomic mass is 32.2. The van der Waals surface area contributed by atoms with Gasteiger partial charge in [0.15, 0.2) is 0 Å². The molecule has 10 heteroatoms. The monoisotopic (exact) mass is 380 g/mol. The molecule has 3 N–H and O–H groups in total. The summed E-state index contributed by atoms with van der Waals surface area (Å²) >= 11 is 0. The van der Waals surface area contributed by atoms with E-state index in [0.29, 0.717) is 6.07 Å². The zero-order valence-electron chi connectivity index (χ0n) is 13.3. The summed E-state index contributed by atoms with van der Waals surface area (Å²) in [5.74, 6) is 0.335. The molecule has 0 fully saturated rings. The molecular formula is C16H14F2N4O3S. The number of hydrogen-bond acceptors (Lipinski definition) is 5. The third-order valence-electron chi connectivity index (χ3n) is 2.98. The minimum Gasteiger partial charge on any atom is -0.361 e. The maximum Gasteiger partial charge on any atom is 0.263 e. The molecule has 2 rings (SSSR count). The van der Waals surface area contributed by atoms with Gasteiger partial charge in [-0.15, -0.1) is 6.42 Å². The van der Waals surface area contributed by atoms with E-state index in [9.17, 15) is 22.0 Å². The van der Waals surface area contributed by atoms with E-state index in [1.54, 1.807) is 0 Å². The first-order valence-corrected chi connectivity index (χ1v) is 8.67. The largest absolute Gasteiger partial charge is 0.361 e. The van der Waals surface area contributed by atoms with Crippen molar-refractivity contribution in [2.24, 2.45) is 0 Å². The van der Waals surface area contributed by atoms with Gasteiger partial charge in [-0.05, 0) is 24.3 Å². The smallest absolute Gasteiger partial charge is 0.263 e. The fourth-order valence-corrected chi connectivity index (χ4v) is 2.84. The second-order valence-corrected chi connectivity index (χ2v) is 6.66. The number of aromatic nitrogens is 1. The van der Waals surface area contributed by atoms with Crippen LogP contribution < -0.4 is 15.4 Å². The predicted octanol–water partition coefficient (Wildman–Crippen LogP) is 1.32. The van der Waals surface area contributed by atoms with Gasteiger partial charge in [-0.1, -0.05) is 5.92 Å². The Morgan fingerprint density at radius 3 is 2.46 bits per heavy atom. The Balaban J connectivity index is 2.04. The molecule has 0 saturated carbocycles. The summed E-state index contributed by atoms with van der Waals surface area (Å²) in [6.07, 6.45) is 6.05. The first-order chi connectivity index (χ1) is 12.3. The molecule has 1 aromatic carbocycles. The van der Waals surface area contributed by atoms with Crippen molar-refractivity contribution in [3.05, 3.63) is 48.2 Å². The van der Waals surface area contributed by atoms with E-state index in [4.69, 9.17) is 6.42 Å². The number of amides is 1. The molecule has 136 valence electrons. The molecular weight excluding hydrogens is 366 g/mol. The summed E-state index contributed by atoms with van der Waals surface area (Å²) in [7, 11) is -4.08. The van der Waals surface area contributed by atoms with Crippen LogP contribution in [0.4, 0.5) is 20.3 Å². The Morgan fingerprint density at radius 2 is 1.88 bits per heavy atom. The number of halogens is 2. The molecule has 0 bridgehead atoms. The van der Waals surface area contributed by atoms with Gasteiger partial charge >= 0.3 is 0 Å². The lowest BCUT2D eigenvalue weighted by Gasteiger charge is -2.09. The SMILES string of the molecule is C#CCNC(=O)CNc1ccc(S(=O)(=O)Nc2cc(F)cc(F)c2)cn1. The Bertz CT molecular complexity index is 921. The molecule has 0 saturated heterocycles. The standard InChI is InChI=1S/C16H14F2N4O3S/c1-2-5-19-16(23)10-21-15-4-3-14(9-20-15)26(24,25)22-13-7-11(17)6-12(18)8-13/h1,3-4,6-9,22H,5,10H2,(H,19,23)(H,20,21). The molecule has 0 radical (unpaired) electrons. The Labute approximate surface area is 148 Å². The first-order valence-electron chi connectivity index (χ1n) is 7.19. The molecule has 0 unspecified atom stereocenters. The van der Waals surface area contributed by atoms with Crippen LogP contribution in [0.1, 0.15) is 0 Å². The van der Waals surface area contributed by atoms with Gasteiger partial charge in [0.25, 0.3) is 10.0 Å². The number of pyridine rings is 1. The van der Waals surface area contributed by atoms with Gasteiger partial charge < -0.3 is 10.6 Å². The van der Waals surface area contributed by atoms with Gasteiger partial charge in [-0.2, -0.15) is 0 Å². The number of hydrogen-bond donors (Lipinski definition) is 3. The molecule has 0 aliphatic rings. The van der Waals surface area contributed by atoms with E-state index in [0.717, 1.165) is 18.3 Å². The van der Waals surface area contributed by atoms with Crippen LogP contribution in [-0.2, 0) is 14.8 Å². The third kappa shape index (κ3) is 5.42. The number of nitrogens with zero attached hydrogens (tertiary/aromatic N) is 1. The second-order valence-electron chi connectivity index (χ2n) is 4.98. The van der Waals surface area contributed by atoms with Crippen LogP contribution >= 0.6 is 0 Å². The molecule has 26 heavy (non-hydrogen) atoms. The van der Waals surface area contributed by atoms with E-state index >= 15 is 0 Å². The topological polar surface area (TPSA) is 100 Å². The third-order valence-corrected chi connectivity index (χ3v) is 4.35. The van der Waals surface area contributed by atoms with Crippen LogP contribution in [0.2, 0.25) is 0 Å².